The lowest BCUT2D eigenvalue weighted by Crippen LogP contribution is -2.50. The first-order valence-corrected chi connectivity index (χ1v) is 8.51. The monoisotopic (exact) mass is 319 g/mol. The molecular weight excluding hydrogens is 300 g/mol. The molecule has 118 valence electrons. The van der Waals surface area contributed by atoms with Gasteiger partial charge in [0.1, 0.15) is 5.25 Å². The standard InChI is InChI=1S/C14H19F2NO3S/c1-2-6-17-13-5-7-20-9-14(13)21(18,19)10-3-4-11(15)12(16)8-10/h3-4,8,13-14,17H,2,5-7,9H2,1H3. The fraction of sp³-hybridized carbons (Fsp3) is 0.571. The number of benzene rings is 1. The van der Waals surface area contributed by atoms with E-state index in [9.17, 15) is 17.2 Å². The third-order valence-corrected chi connectivity index (χ3v) is 5.75. The zero-order valence-corrected chi connectivity index (χ0v) is 12.6. The van der Waals surface area contributed by atoms with E-state index in [0.29, 0.717) is 19.6 Å². The van der Waals surface area contributed by atoms with Crippen molar-refractivity contribution < 1.29 is 21.9 Å². The maximum absolute atomic E-state index is 13.3. The molecule has 1 aliphatic rings. The Morgan fingerprint density at radius 2 is 2.10 bits per heavy atom. The Balaban J connectivity index is 2.28. The third-order valence-electron chi connectivity index (χ3n) is 3.58. The molecule has 1 heterocycles. The second-order valence-electron chi connectivity index (χ2n) is 5.08. The lowest BCUT2D eigenvalue weighted by molar-refractivity contribution is 0.0808. The van der Waals surface area contributed by atoms with Crippen molar-refractivity contribution in [3.8, 4) is 0 Å². The zero-order valence-electron chi connectivity index (χ0n) is 11.8. The van der Waals surface area contributed by atoms with E-state index in [1.165, 1.54) is 0 Å². The number of halogens is 2. The fourth-order valence-electron chi connectivity index (χ4n) is 2.41. The van der Waals surface area contributed by atoms with Gasteiger partial charge in [0, 0.05) is 12.6 Å². The van der Waals surface area contributed by atoms with Gasteiger partial charge in [0.25, 0.3) is 0 Å². The molecule has 2 rings (SSSR count). The first-order valence-electron chi connectivity index (χ1n) is 6.97. The summed E-state index contributed by atoms with van der Waals surface area (Å²) in [5.41, 5.74) is 0. The van der Waals surface area contributed by atoms with Crippen LogP contribution in [0.3, 0.4) is 0 Å². The molecule has 1 aromatic carbocycles. The molecule has 0 aromatic heterocycles. The Hall–Kier alpha value is -1.05. The first-order chi connectivity index (χ1) is 9.96. The van der Waals surface area contributed by atoms with Crippen LogP contribution in [0.15, 0.2) is 23.1 Å². The van der Waals surface area contributed by atoms with Gasteiger partial charge >= 0.3 is 0 Å². The molecule has 0 spiro atoms. The highest BCUT2D eigenvalue weighted by atomic mass is 32.2. The highest BCUT2D eigenvalue weighted by molar-refractivity contribution is 7.92. The van der Waals surface area contributed by atoms with Crippen molar-refractivity contribution in [1.82, 2.24) is 5.32 Å². The van der Waals surface area contributed by atoms with E-state index in [4.69, 9.17) is 4.74 Å². The second kappa shape index (κ2) is 6.81. The van der Waals surface area contributed by atoms with E-state index in [1.807, 2.05) is 6.92 Å². The van der Waals surface area contributed by atoms with Crippen LogP contribution >= 0.6 is 0 Å². The average molecular weight is 319 g/mol. The van der Waals surface area contributed by atoms with E-state index < -0.39 is 26.7 Å². The summed E-state index contributed by atoms with van der Waals surface area (Å²) in [6.45, 7) is 3.24. The van der Waals surface area contributed by atoms with Gasteiger partial charge in [-0.15, -0.1) is 0 Å². The van der Waals surface area contributed by atoms with Gasteiger partial charge in [0.05, 0.1) is 11.5 Å². The average Bonchev–Trinajstić information content (AvgIpc) is 2.48. The van der Waals surface area contributed by atoms with Gasteiger partial charge in [-0.05, 0) is 37.6 Å². The second-order valence-corrected chi connectivity index (χ2v) is 7.25. The Morgan fingerprint density at radius 3 is 2.76 bits per heavy atom. The van der Waals surface area contributed by atoms with E-state index in [-0.39, 0.29) is 17.5 Å². The minimum absolute atomic E-state index is 0.0582. The summed E-state index contributed by atoms with van der Waals surface area (Å²) in [5, 5.41) is 2.41. The van der Waals surface area contributed by atoms with Crippen LogP contribution < -0.4 is 5.32 Å². The molecule has 0 amide bonds. The van der Waals surface area contributed by atoms with Gasteiger partial charge < -0.3 is 10.1 Å². The molecular formula is C14H19F2NO3S. The summed E-state index contributed by atoms with van der Waals surface area (Å²) in [6, 6.07) is 2.42. The van der Waals surface area contributed by atoms with Gasteiger partial charge in [0.15, 0.2) is 21.5 Å². The van der Waals surface area contributed by atoms with Crippen molar-refractivity contribution in [2.75, 3.05) is 19.8 Å². The number of hydrogen-bond donors (Lipinski definition) is 1. The topological polar surface area (TPSA) is 55.4 Å². The van der Waals surface area contributed by atoms with Gasteiger partial charge in [-0.25, -0.2) is 17.2 Å². The molecule has 0 saturated carbocycles. The van der Waals surface area contributed by atoms with Crippen molar-refractivity contribution >= 4 is 9.84 Å². The van der Waals surface area contributed by atoms with Gasteiger partial charge in [-0.3, -0.25) is 0 Å². The number of sulfone groups is 1. The molecule has 7 heteroatoms. The van der Waals surface area contributed by atoms with Crippen LogP contribution in [0.25, 0.3) is 0 Å². The zero-order chi connectivity index (χ0) is 15.5. The van der Waals surface area contributed by atoms with Gasteiger partial charge in [-0.2, -0.15) is 0 Å². The van der Waals surface area contributed by atoms with Crippen LogP contribution in [0.2, 0.25) is 0 Å². The summed E-state index contributed by atoms with van der Waals surface area (Å²) in [7, 11) is -3.78. The molecule has 4 nitrogen and oxygen atoms in total. The maximum atomic E-state index is 13.3. The highest BCUT2D eigenvalue weighted by Gasteiger charge is 2.37. The molecule has 1 saturated heterocycles. The van der Waals surface area contributed by atoms with Crippen molar-refractivity contribution in [2.24, 2.45) is 0 Å². The Bertz CT molecular complexity index is 592. The molecule has 1 fully saturated rings. The highest BCUT2D eigenvalue weighted by Crippen LogP contribution is 2.24. The summed E-state index contributed by atoms with van der Waals surface area (Å²) in [6.07, 6.45) is 1.46. The molecule has 2 unspecified atom stereocenters. The number of rotatable bonds is 5. The lowest BCUT2D eigenvalue weighted by atomic mass is 10.1. The number of ether oxygens (including phenoxy) is 1. The summed E-state index contributed by atoms with van der Waals surface area (Å²) < 4.78 is 56.8. The summed E-state index contributed by atoms with van der Waals surface area (Å²) in [4.78, 5) is -0.208. The van der Waals surface area contributed by atoms with E-state index in [0.717, 1.165) is 24.6 Å². The molecule has 0 aliphatic carbocycles. The Morgan fingerprint density at radius 1 is 1.33 bits per heavy atom. The SMILES string of the molecule is CCCNC1CCOCC1S(=O)(=O)c1ccc(F)c(F)c1. The van der Waals surface area contributed by atoms with E-state index in [2.05, 4.69) is 5.32 Å². The predicted octanol–water partition coefficient (Wildman–Crippen LogP) is 1.90. The summed E-state index contributed by atoms with van der Waals surface area (Å²) >= 11 is 0. The fourth-order valence-corrected chi connectivity index (χ4v) is 4.22. The molecule has 2 atom stereocenters. The molecule has 1 N–H and O–H groups in total. The molecule has 0 radical (unpaired) electrons. The largest absolute Gasteiger partial charge is 0.380 e. The first kappa shape index (κ1) is 16.3. The van der Waals surface area contributed by atoms with Crippen LogP contribution in [0.4, 0.5) is 8.78 Å². The van der Waals surface area contributed by atoms with Crippen molar-refractivity contribution in [1.29, 1.82) is 0 Å². The predicted molar refractivity (Wildman–Crippen MR) is 74.8 cm³/mol. The van der Waals surface area contributed by atoms with Crippen LogP contribution in [-0.4, -0.2) is 39.5 Å². The summed E-state index contributed by atoms with van der Waals surface area (Å²) in [5.74, 6) is -2.22. The minimum Gasteiger partial charge on any atom is -0.380 e. The molecule has 1 aromatic rings. The Labute approximate surface area is 123 Å². The quantitative estimate of drug-likeness (QED) is 0.842. The Kier molecular flexibility index (Phi) is 5.29. The molecule has 0 bridgehead atoms. The van der Waals surface area contributed by atoms with Crippen LogP contribution in [0.1, 0.15) is 19.8 Å². The molecule has 1 aliphatic heterocycles. The minimum atomic E-state index is -3.78. The normalized spacial score (nSPS) is 23.2. The van der Waals surface area contributed by atoms with Crippen LogP contribution in [0, 0.1) is 11.6 Å². The third kappa shape index (κ3) is 3.59. The lowest BCUT2D eigenvalue weighted by Gasteiger charge is -2.32. The maximum Gasteiger partial charge on any atom is 0.185 e. The number of nitrogens with one attached hydrogen (secondary N) is 1. The van der Waals surface area contributed by atoms with Crippen molar-refractivity contribution in [2.45, 2.75) is 36.0 Å². The molecule has 21 heavy (non-hydrogen) atoms. The van der Waals surface area contributed by atoms with E-state index >= 15 is 0 Å². The van der Waals surface area contributed by atoms with Crippen molar-refractivity contribution in [3.63, 3.8) is 0 Å². The van der Waals surface area contributed by atoms with Crippen LogP contribution in [-0.2, 0) is 14.6 Å². The van der Waals surface area contributed by atoms with Gasteiger partial charge in [-0.1, -0.05) is 6.92 Å². The van der Waals surface area contributed by atoms with Gasteiger partial charge in [0.2, 0.25) is 0 Å². The van der Waals surface area contributed by atoms with Crippen molar-refractivity contribution in [3.05, 3.63) is 29.8 Å². The smallest absolute Gasteiger partial charge is 0.185 e. The number of hydrogen-bond acceptors (Lipinski definition) is 4. The van der Waals surface area contributed by atoms with Crippen LogP contribution in [0.5, 0.6) is 0 Å². The van der Waals surface area contributed by atoms with E-state index in [1.54, 1.807) is 0 Å².